The number of hydrogen-bond donors (Lipinski definition) is 1. The van der Waals surface area contributed by atoms with E-state index in [0.29, 0.717) is 10.3 Å². The Labute approximate surface area is 105 Å². The fourth-order valence-corrected chi connectivity index (χ4v) is 2.46. The van der Waals surface area contributed by atoms with E-state index in [9.17, 15) is 0 Å². The molecule has 0 spiro atoms. The van der Waals surface area contributed by atoms with Gasteiger partial charge in [-0.1, -0.05) is 23.4 Å². The van der Waals surface area contributed by atoms with Crippen molar-refractivity contribution in [2.24, 2.45) is 5.73 Å². The van der Waals surface area contributed by atoms with Gasteiger partial charge in [0.25, 0.3) is 0 Å². The third kappa shape index (κ3) is 2.78. The van der Waals surface area contributed by atoms with Crippen LogP contribution in [0.15, 0.2) is 11.2 Å². The Kier molecular flexibility index (Phi) is 3.89. The summed E-state index contributed by atoms with van der Waals surface area (Å²) in [6.45, 7) is 1.84. The van der Waals surface area contributed by atoms with Crippen LogP contribution in [0.4, 0.5) is 5.82 Å². The van der Waals surface area contributed by atoms with Crippen molar-refractivity contribution in [3.05, 3.63) is 11.2 Å². The molecule has 1 atom stereocenters. The highest BCUT2D eigenvalue weighted by atomic mass is 35.5. The smallest absolute Gasteiger partial charge is 0.190 e. The summed E-state index contributed by atoms with van der Waals surface area (Å²) in [6.07, 6.45) is 4.14. The van der Waals surface area contributed by atoms with Gasteiger partial charge < -0.3 is 10.6 Å². The Hall–Kier alpha value is -0.520. The predicted molar refractivity (Wildman–Crippen MR) is 68.2 cm³/mol. The van der Waals surface area contributed by atoms with Crippen LogP contribution in [0, 0.1) is 0 Å². The molecule has 1 unspecified atom stereocenters. The van der Waals surface area contributed by atoms with Crippen LogP contribution < -0.4 is 10.6 Å². The van der Waals surface area contributed by atoms with Gasteiger partial charge in [0.2, 0.25) is 0 Å². The zero-order valence-electron chi connectivity index (χ0n) is 9.19. The molecule has 0 aliphatic carbocycles. The van der Waals surface area contributed by atoms with Gasteiger partial charge in [0.15, 0.2) is 5.16 Å². The van der Waals surface area contributed by atoms with E-state index in [1.807, 2.05) is 6.26 Å². The zero-order valence-corrected chi connectivity index (χ0v) is 10.8. The van der Waals surface area contributed by atoms with Crippen molar-refractivity contribution in [3.8, 4) is 0 Å². The van der Waals surface area contributed by atoms with E-state index < -0.39 is 0 Å². The Morgan fingerprint density at radius 2 is 2.38 bits per heavy atom. The fourth-order valence-electron chi connectivity index (χ4n) is 1.86. The van der Waals surface area contributed by atoms with Crippen LogP contribution in [-0.2, 0) is 0 Å². The van der Waals surface area contributed by atoms with Gasteiger partial charge in [-0.15, -0.1) is 0 Å². The summed E-state index contributed by atoms with van der Waals surface area (Å²) in [5.41, 5.74) is 5.95. The first-order valence-electron chi connectivity index (χ1n) is 5.28. The first kappa shape index (κ1) is 12.0. The minimum Gasteiger partial charge on any atom is -0.355 e. The second kappa shape index (κ2) is 5.21. The minimum absolute atomic E-state index is 0.236. The first-order valence-corrected chi connectivity index (χ1v) is 6.88. The lowest BCUT2D eigenvalue weighted by Crippen LogP contribution is -2.43. The van der Waals surface area contributed by atoms with E-state index in [1.54, 1.807) is 6.07 Å². The summed E-state index contributed by atoms with van der Waals surface area (Å²) in [4.78, 5) is 10.8. The third-order valence-electron chi connectivity index (χ3n) is 2.63. The highest BCUT2D eigenvalue weighted by Crippen LogP contribution is 2.22. The molecular formula is C10H15ClN4S. The Balaban J connectivity index is 2.21. The maximum Gasteiger partial charge on any atom is 0.190 e. The standard InChI is InChI=1S/C10H15ClN4S/c1-16-10-13-8(11)5-9(14-10)15-4-2-3-7(12)6-15/h5,7H,2-4,6,12H2,1H3. The molecule has 1 aromatic rings. The summed E-state index contributed by atoms with van der Waals surface area (Å²) < 4.78 is 0. The molecule has 0 saturated carbocycles. The summed E-state index contributed by atoms with van der Waals surface area (Å²) in [6, 6.07) is 2.04. The van der Waals surface area contributed by atoms with Crippen molar-refractivity contribution in [2.75, 3.05) is 24.2 Å². The normalized spacial score (nSPS) is 21.2. The van der Waals surface area contributed by atoms with Gasteiger partial charge in [-0.25, -0.2) is 9.97 Å². The van der Waals surface area contributed by atoms with Crippen molar-refractivity contribution < 1.29 is 0 Å². The van der Waals surface area contributed by atoms with Crippen molar-refractivity contribution in [1.29, 1.82) is 0 Å². The van der Waals surface area contributed by atoms with Crippen LogP contribution in [-0.4, -0.2) is 35.4 Å². The van der Waals surface area contributed by atoms with E-state index in [0.717, 1.165) is 31.7 Å². The zero-order chi connectivity index (χ0) is 11.5. The molecule has 0 aromatic carbocycles. The first-order chi connectivity index (χ1) is 7.69. The van der Waals surface area contributed by atoms with Crippen LogP contribution in [0.2, 0.25) is 5.15 Å². The third-order valence-corrected chi connectivity index (χ3v) is 3.37. The molecule has 2 N–H and O–H groups in total. The number of aromatic nitrogens is 2. The number of anilines is 1. The maximum absolute atomic E-state index is 5.96. The van der Waals surface area contributed by atoms with E-state index in [4.69, 9.17) is 17.3 Å². The second-order valence-corrected chi connectivity index (χ2v) is 5.04. The predicted octanol–water partition coefficient (Wildman–Crippen LogP) is 1.78. The summed E-state index contributed by atoms with van der Waals surface area (Å²) in [7, 11) is 0. The minimum atomic E-state index is 0.236. The number of piperidine rings is 1. The molecular weight excluding hydrogens is 244 g/mol. The van der Waals surface area contributed by atoms with Crippen molar-refractivity contribution in [1.82, 2.24) is 9.97 Å². The Bertz CT molecular complexity index is 374. The topological polar surface area (TPSA) is 55.0 Å². The van der Waals surface area contributed by atoms with Gasteiger partial charge in [-0.05, 0) is 19.1 Å². The monoisotopic (exact) mass is 258 g/mol. The van der Waals surface area contributed by atoms with E-state index in [1.165, 1.54) is 11.8 Å². The molecule has 0 amide bonds. The molecule has 2 rings (SSSR count). The molecule has 1 fully saturated rings. The van der Waals surface area contributed by atoms with Crippen LogP contribution in [0.1, 0.15) is 12.8 Å². The van der Waals surface area contributed by atoms with Crippen LogP contribution in [0.25, 0.3) is 0 Å². The molecule has 1 aliphatic heterocycles. The summed E-state index contributed by atoms with van der Waals surface area (Å²) in [5.74, 6) is 0.888. The molecule has 1 aliphatic rings. The number of nitrogens with zero attached hydrogens (tertiary/aromatic N) is 3. The molecule has 88 valence electrons. The Morgan fingerprint density at radius 1 is 1.56 bits per heavy atom. The number of rotatable bonds is 2. The van der Waals surface area contributed by atoms with Crippen LogP contribution >= 0.6 is 23.4 Å². The fraction of sp³-hybridized carbons (Fsp3) is 0.600. The lowest BCUT2D eigenvalue weighted by atomic mass is 10.1. The number of halogens is 1. The largest absolute Gasteiger partial charge is 0.355 e. The van der Waals surface area contributed by atoms with Crippen molar-refractivity contribution >= 4 is 29.2 Å². The van der Waals surface area contributed by atoms with Crippen molar-refractivity contribution in [2.45, 2.75) is 24.0 Å². The SMILES string of the molecule is CSc1nc(Cl)cc(N2CCCC(N)C2)n1. The van der Waals surface area contributed by atoms with Crippen LogP contribution in [0.5, 0.6) is 0 Å². The van der Waals surface area contributed by atoms with Gasteiger partial charge in [0, 0.05) is 25.2 Å². The molecule has 4 nitrogen and oxygen atoms in total. The van der Waals surface area contributed by atoms with Gasteiger partial charge in [0.05, 0.1) is 0 Å². The molecule has 1 saturated heterocycles. The Morgan fingerprint density at radius 3 is 3.06 bits per heavy atom. The van der Waals surface area contributed by atoms with Gasteiger partial charge in [-0.2, -0.15) is 0 Å². The lowest BCUT2D eigenvalue weighted by molar-refractivity contribution is 0.502. The maximum atomic E-state index is 5.96. The van der Waals surface area contributed by atoms with Crippen LogP contribution in [0.3, 0.4) is 0 Å². The van der Waals surface area contributed by atoms with Gasteiger partial charge >= 0.3 is 0 Å². The lowest BCUT2D eigenvalue weighted by Gasteiger charge is -2.31. The van der Waals surface area contributed by atoms with Crippen molar-refractivity contribution in [3.63, 3.8) is 0 Å². The van der Waals surface area contributed by atoms with Gasteiger partial charge in [0.1, 0.15) is 11.0 Å². The van der Waals surface area contributed by atoms with E-state index >= 15 is 0 Å². The summed E-state index contributed by atoms with van der Waals surface area (Å²) >= 11 is 7.46. The van der Waals surface area contributed by atoms with Gasteiger partial charge in [-0.3, -0.25) is 0 Å². The average Bonchev–Trinajstić information content (AvgIpc) is 2.28. The molecule has 16 heavy (non-hydrogen) atoms. The highest BCUT2D eigenvalue weighted by Gasteiger charge is 2.18. The quantitative estimate of drug-likeness (QED) is 0.498. The average molecular weight is 259 g/mol. The van der Waals surface area contributed by atoms with E-state index in [2.05, 4.69) is 14.9 Å². The summed E-state index contributed by atoms with van der Waals surface area (Å²) in [5, 5.41) is 1.20. The van der Waals surface area contributed by atoms with E-state index in [-0.39, 0.29) is 6.04 Å². The molecule has 0 radical (unpaired) electrons. The molecule has 1 aromatic heterocycles. The number of thioether (sulfide) groups is 1. The second-order valence-electron chi connectivity index (χ2n) is 3.88. The molecule has 0 bridgehead atoms. The highest BCUT2D eigenvalue weighted by molar-refractivity contribution is 7.98. The number of hydrogen-bond acceptors (Lipinski definition) is 5. The molecule has 6 heteroatoms. The number of nitrogens with two attached hydrogens (primary N) is 1. The molecule has 2 heterocycles.